The fourth-order valence-corrected chi connectivity index (χ4v) is 2.52. The van der Waals surface area contributed by atoms with E-state index in [0.29, 0.717) is 6.54 Å². The second-order valence-electron chi connectivity index (χ2n) is 5.63. The predicted octanol–water partition coefficient (Wildman–Crippen LogP) is 1.81. The van der Waals surface area contributed by atoms with E-state index in [-0.39, 0.29) is 24.3 Å². The number of rotatable bonds is 4. The van der Waals surface area contributed by atoms with Crippen molar-refractivity contribution in [3.05, 3.63) is 29.3 Å². The largest absolute Gasteiger partial charge is 0.375 e. The van der Waals surface area contributed by atoms with Gasteiger partial charge in [-0.15, -0.1) is 0 Å². The zero-order valence-electron chi connectivity index (χ0n) is 12.8. The number of carbonyl (C=O) groups is 2. The molecule has 0 aromatic heterocycles. The Bertz CT molecular complexity index is 540. The molecule has 0 saturated carbocycles. The summed E-state index contributed by atoms with van der Waals surface area (Å²) in [6.07, 6.45) is 0.861. The molecule has 0 unspecified atom stereocenters. The van der Waals surface area contributed by atoms with E-state index in [9.17, 15) is 9.59 Å². The van der Waals surface area contributed by atoms with Gasteiger partial charge in [0.2, 0.25) is 11.8 Å². The average Bonchev–Trinajstić information content (AvgIpc) is 2.45. The van der Waals surface area contributed by atoms with Gasteiger partial charge in [-0.25, -0.2) is 0 Å². The van der Waals surface area contributed by atoms with Crippen molar-refractivity contribution in [3.8, 4) is 0 Å². The second-order valence-corrected chi connectivity index (χ2v) is 5.63. The Labute approximate surface area is 125 Å². The summed E-state index contributed by atoms with van der Waals surface area (Å²) in [5.41, 5.74) is 3.09. The number of hydrogen-bond acceptors (Lipinski definition) is 3. The molecule has 114 valence electrons. The molecule has 2 amide bonds. The molecule has 0 atom stereocenters. The first-order valence-electron chi connectivity index (χ1n) is 7.20. The maximum absolute atomic E-state index is 12.1. The summed E-state index contributed by atoms with van der Waals surface area (Å²) in [5, 5.41) is 2.79. The van der Waals surface area contributed by atoms with Gasteiger partial charge >= 0.3 is 0 Å². The minimum atomic E-state index is -0.177. The fourth-order valence-electron chi connectivity index (χ4n) is 2.52. The van der Waals surface area contributed by atoms with E-state index in [2.05, 4.69) is 5.32 Å². The van der Waals surface area contributed by atoms with Crippen LogP contribution >= 0.6 is 0 Å². The Hall–Kier alpha value is -1.88. The summed E-state index contributed by atoms with van der Waals surface area (Å²) in [7, 11) is 1.49. The summed E-state index contributed by atoms with van der Waals surface area (Å²) in [5.74, 6) is 0.00832. The molecule has 0 aliphatic carbocycles. The Morgan fingerprint density at radius 2 is 2.10 bits per heavy atom. The number of methoxy groups -OCH3 is 1. The van der Waals surface area contributed by atoms with E-state index in [4.69, 9.17) is 4.74 Å². The van der Waals surface area contributed by atoms with Gasteiger partial charge < -0.3 is 15.0 Å². The molecular formula is C16H22N2O3. The number of nitrogens with zero attached hydrogens (tertiary/aromatic N) is 1. The summed E-state index contributed by atoms with van der Waals surface area (Å²) in [6, 6.07) is 5.87. The number of benzene rings is 1. The molecule has 0 spiro atoms. The van der Waals surface area contributed by atoms with E-state index in [0.717, 1.165) is 24.2 Å². The molecule has 5 heteroatoms. The number of carbonyl (C=O) groups excluding carboxylic acids is 2. The maximum atomic E-state index is 12.1. The number of ether oxygens (including phenoxy) is 1. The number of anilines is 1. The van der Waals surface area contributed by atoms with Crippen LogP contribution in [0, 0.1) is 5.92 Å². The monoisotopic (exact) mass is 290 g/mol. The molecule has 1 aromatic carbocycles. The van der Waals surface area contributed by atoms with Crippen LogP contribution in [-0.4, -0.2) is 37.0 Å². The molecule has 1 N–H and O–H groups in total. The Balaban J connectivity index is 2.11. The van der Waals surface area contributed by atoms with Gasteiger partial charge in [-0.3, -0.25) is 9.59 Å². The highest BCUT2D eigenvalue weighted by Crippen LogP contribution is 2.23. The lowest BCUT2D eigenvalue weighted by atomic mass is 9.98. The zero-order valence-corrected chi connectivity index (χ0v) is 12.8. The van der Waals surface area contributed by atoms with Crippen molar-refractivity contribution in [2.24, 2.45) is 5.92 Å². The Kier molecular flexibility index (Phi) is 4.96. The van der Waals surface area contributed by atoms with Crippen LogP contribution in [0.1, 0.15) is 25.0 Å². The molecule has 1 aromatic rings. The number of hydrogen-bond donors (Lipinski definition) is 1. The Morgan fingerprint density at radius 3 is 2.76 bits per heavy atom. The highest BCUT2D eigenvalue weighted by molar-refractivity contribution is 5.91. The third-order valence-electron chi connectivity index (χ3n) is 3.58. The van der Waals surface area contributed by atoms with Crippen LogP contribution in [0.2, 0.25) is 0 Å². The van der Waals surface area contributed by atoms with Gasteiger partial charge in [0.15, 0.2) is 0 Å². The summed E-state index contributed by atoms with van der Waals surface area (Å²) >= 11 is 0. The van der Waals surface area contributed by atoms with Crippen molar-refractivity contribution < 1.29 is 14.3 Å². The minimum Gasteiger partial charge on any atom is -0.375 e. The molecule has 1 heterocycles. The predicted molar refractivity (Wildman–Crippen MR) is 80.9 cm³/mol. The van der Waals surface area contributed by atoms with Gasteiger partial charge in [0.1, 0.15) is 6.61 Å². The van der Waals surface area contributed by atoms with Gasteiger partial charge in [-0.05, 0) is 29.7 Å². The Morgan fingerprint density at radius 1 is 1.33 bits per heavy atom. The lowest BCUT2D eigenvalue weighted by molar-refractivity contribution is -0.135. The first-order valence-corrected chi connectivity index (χ1v) is 7.20. The standard InChI is InChI=1S/C16H22N2O3/c1-11(2)16(20)18-7-6-12-4-5-14(8-13(12)9-18)17-15(19)10-21-3/h4-5,8,11H,6-7,9-10H2,1-3H3,(H,17,19). The number of nitrogens with one attached hydrogen (secondary N) is 1. The molecule has 0 bridgehead atoms. The van der Waals surface area contributed by atoms with Crippen LogP contribution in [0.15, 0.2) is 18.2 Å². The van der Waals surface area contributed by atoms with Crippen LogP contribution in [0.5, 0.6) is 0 Å². The van der Waals surface area contributed by atoms with Crippen molar-refractivity contribution in [2.45, 2.75) is 26.8 Å². The van der Waals surface area contributed by atoms with Crippen molar-refractivity contribution >= 4 is 17.5 Å². The van der Waals surface area contributed by atoms with Crippen molar-refractivity contribution in [1.29, 1.82) is 0 Å². The smallest absolute Gasteiger partial charge is 0.250 e. The molecule has 21 heavy (non-hydrogen) atoms. The summed E-state index contributed by atoms with van der Waals surface area (Å²) in [6.45, 7) is 5.24. The van der Waals surface area contributed by atoms with Gasteiger partial charge in [0, 0.05) is 31.8 Å². The fraction of sp³-hybridized carbons (Fsp3) is 0.500. The van der Waals surface area contributed by atoms with Gasteiger partial charge in [-0.1, -0.05) is 19.9 Å². The SMILES string of the molecule is COCC(=O)Nc1ccc2c(c1)CN(C(=O)C(C)C)CC2. The van der Waals surface area contributed by atoms with E-state index in [1.807, 2.05) is 36.9 Å². The molecule has 0 fully saturated rings. The summed E-state index contributed by atoms with van der Waals surface area (Å²) < 4.78 is 4.80. The zero-order chi connectivity index (χ0) is 15.4. The first-order chi connectivity index (χ1) is 10.0. The third kappa shape index (κ3) is 3.82. The highest BCUT2D eigenvalue weighted by Gasteiger charge is 2.22. The lowest BCUT2D eigenvalue weighted by Gasteiger charge is -2.30. The molecule has 0 radical (unpaired) electrons. The van der Waals surface area contributed by atoms with Crippen LogP contribution in [0.25, 0.3) is 0 Å². The second kappa shape index (κ2) is 6.72. The van der Waals surface area contributed by atoms with Gasteiger partial charge in [0.05, 0.1) is 0 Å². The van der Waals surface area contributed by atoms with E-state index >= 15 is 0 Å². The highest BCUT2D eigenvalue weighted by atomic mass is 16.5. The van der Waals surface area contributed by atoms with Crippen LogP contribution in [0.4, 0.5) is 5.69 Å². The third-order valence-corrected chi connectivity index (χ3v) is 3.58. The first kappa shape index (κ1) is 15.5. The van der Waals surface area contributed by atoms with Crippen molar-refractivity contribution in [2.75, 3.05) is 25.6 Å². The van der Waals surface area contributed by atoms with Crippen molar-refractivity contribution in [3.63, 3.8) is 0 Å². The van der Waals surface area contributed by atoms with Crippen molar-refractivity contribution in [1.82, 2.24) is 4.90 Å². The van der Waals surface area contributed by atoms with E-state index < -0.39 is 0 Å². The van der Waals surface area contributed by atoms with Crippen LogP contribution in [0.3, 0.4) is 0 Å². The topological polar surface area (TPSA) is 58.6 Å². The van der Waals surface area contributed by atoms with E-state index in [1.165, 1.54) is 12.7 Å². The molecule has 1 aliphatic rings. The number of fused-ring (bicyclic) bond motifs is 1. The maximum Gasteiger partial charge on any atom is 0.250 e. The molecule has 5 nitrogen and oxygen atoms in total. The number of amides is 2. The van der Waals surface area contributed by atoms with Gasteiger partial charge in [0.25, 0.3) is 0 Å². The molecular weight excluding hydrogens is 268 g/mol. The average molecular weight is 290 g/mol. The molecule has 2 rings (SSSR count). The lowest BCUT2D eigenvalue weighted by Crippen LogP contribution is -2.38. The van der Waals surface area contributed by atoms with Crippen LogP contribution in [-0.2, 0) is 27.3 Å². The molecule has 1 aliphatic heterocycles. The summed E-state index contributed by atoms with van der Waals surface area (Å²) in [4.78, 5) is 25.5. The van der Waals surface area contributed by atoms with Crippen LogP contribution < -0.4 is 5.32 Å². The van der Waals surface area contributed by atoms with Gasteiger partial charge in [-0.2, -0.15) is 0 Å². The molecule has 0 saturated heterocycles. The quantitative estimate of drug-likeness (QED) is 0.920. The van der Waals surface area contributed by atoms with E-state index in [1.54, 1.807) is 0 Å². The minimum absolute atomic E-state index is 0.0103. The normalized spacial score (nSPS) is 14.0.